The van der Waals surface area contributed by atoms with Gasteiger partial charge < -0.3 is 4.90 Å². The molecule has 3 heterocycles. The molecule has 2 atom stereocenters. The van der Waals surface area contributed by atoms with Gasteiger partial charge >= 0.3 is 0 Å². The molecule has 3 fully saturated rings. The summed E-state index contributed by atoms with van der Waals surface area (Å²) in [6.07, 6.45) is 5.19. The van der Waals surface area contributed by atoms with Crippen molar-refractivity contribution < 1.29 is 8.42 Å². The molecule has 1 aliphatic carbocycles. The van der Waals surface area contributed by atoms with Crippen LogP contribution in [-0.4, -0.2) is 54.1 Å². The number of aromatic nitrogens is 2. The van der Waals surface area contributed by atoms with Gasteiger partial charge in [-0.1, -0.05) is 0 Å². The first-order valence-electron chi connectivity index (χ1n) is 7.15. The zero-order valence-electron chi connectivity index (χ0n) is 11.2. The maximum absolute atomic E-state index is 12.3. The van der Waals surface area contributed by atoms with Crippen molar-refractivity contribution in [1.29, 1.82) is 0 Å². The zero-order chi connectivity index (χ0) is 13.7. The SMILES string of the molecule is O=S(=O)(C1CC1)N1C[C@H]2CN(c3ncccn3)C[C@H]2C1. The third-order valence-electron chi connectivity index (χ3n) is 4.59. The van der Waals surface area contributed by atoms with Crippen LogP contribution in [0.15, 0.2) is 18.5 Å². The number of sulfonamides is 1. The van der Waals surface area contributed by atoms with E-state index in [2.05, 4.69) is 14.9 Å². The minimum Gasteiger partial charge on any atom is -0.340 e. The van der Waals surface area contributed by atoms with Crippen molar-refractivity contribution in [3.63, 3.8) is 0 Å². The van der Waals surface area contributed by atoms with Gasteiger partial charge in [0.1, 0.15) is 0 Å². The first-order valence-corrected chi connectivity index (χ1v) is 8.66. The fourth-order valence-corrected chi connectivity index (χ4v) is 5.30. The van der Waals surface area contributed by atoms with Gasteiger partial charge in [-0.2, -0.15) is 0 Å². The molecule has 0 unspecified atom stereocenters. The van der Waals surface area contributed by atoms with E-state index in [0.717, 1.165) is 31.9 Å². The Balaban J connectivity index is 1.46. The maximum atomic E-state index is 12.3. The van der Waals surface area contributed by atoms with Crippen LogP contribution in [0, 0.1) is 11.8 Å². The molecule has 0 radical (unpaired) electrons. The van der Waals surface area contributed by atoms with Crippen LogP contribution in [0.3, 0.4) is 0 Å². The molecule has 2 aliphatic heterocycles. The summed E-state index contributed by atoms with van der Waals surface area (Å²) < 4.78 is 26.3. The van der Waals surface area contributed by atoms with Gasteiger partial charge in [0.25, 0.3) is 0 Å². The van der Waals surface area contributed by atoms with Crippen LogP contribution >= 0.6 is 0 Å². The van der Waals surface area contributed by atoms with Gasteiger partial charge in [0.2, 0.25) is 16.0 Å². The Labute approximate surface area is 118 Å². The lowest BCUT2D eigenvalue weighted by Gasteiger charge is -2.21. The molecular weight excluding hydrogens is 276 g/mol. The van der Waals surface area contributed by atoms with Crippen molar-refractivity contribution in [3.8, 4) is 0 Å². The van der Waals surface area contributed by atoms with E-state index < -0.39 is 10.0 Å². The van der Waals surface area contributed by atoms with Crippen molar-refractivity contribution in [2.45, 2.75) is 18.1 Å². The molecule has 4 rings (SSSR count). The molecule has 1 saturated carbocycles. The second-order valence-corrected chi connectivity index (χ2v) is 8.25. The van der Waals surface area contributed by atoms with Gasteiger partial charge in [0.05, 0.1) is 5.25 Å². The topological polar surface area (TPSA) is 66.4 Å². The molecule has 1 aromatic rings. The lowest BCUT2D eigenvalue weighted by molar-refractivity contribution is 0.451. The Bertz CT molecular complexity index is 588. The minimum atomic E-state index is -3.01. The van der Waals surface area contributed by atoms with Crippen LogP contribution in [0.1, 0.15) is 12.8 Å². The molecule has 20 heavy (non-hydrogen) atoms. The third kappa shape index (κ3) is 2.00. The molecule has 1 aromatic heterocycles. The molecule has 7 heteroatoms. The Kier molecular flexibility index (Phi) is 2.75. The standard InChI is InChI=1S/C13H18N4O2S/c18-20(19,12-2-3-12)17-8-10-6-16(7-11(10)9-17)13-14-4-1-5-15-13/h1,4-5,10-12H,2-3,6-9H2/t10-,11+. The van der Waals surface area contributed by atoms with E-state index in [1.54, 1.807) is 16.7 Å². The summed E-state index contributed by atoms with van der Waals surface area (Å²) in [6.45, 7) is 3.08. The maximum Gasteiger partial charge on any atom is 0.225 e. The second-order valence-electron chi connectivity index (χ2n) is 6.04. The predicted octanol–water partition coefficient (Wildman–Crippen LogP) is 0.337. The van der Waals surface area contributed by atoms with Gasteiger partial charge in [-0.3, -0.25) is 0 Å². The minimum absolute atomic E-state index is 0.0881. The average Bonchev–Trinajstić information content (AvgIpc) is 3.11. The first kappa shape index (κ1) is 12.5. The summed E-state index contributed by atoms with van der Waals surface area (Å²) in [6, 6.07) is 1.81. The molecule has 6 nitrogen and oxygen atoms in total. The molecule has 108 valence electrons. The molecule has 0 N–H and O–H groups in total. The first-order chi connectivity index (χ1) is 9.64. The monoisotopic (exact) mass is 294 g/mol. The number of rotatable bonds is 3. The van der Waals surface area contributed by atoms with Gasteiger partial charge in [0.15, 0.2) is 0 Å². The second kappa shape index (κ2) is 4.39. The predicted molar refractivity (Wildman–Crippen MR) is 74.7 cm³/mol. The third-order valence-corrected chi connectivity index (χ3v) is 6.93. The largest absolute Gasteiger partial charge is 0.340 e. The summed E-state index contributed by atoms with van der Waals surface area (Å²) >= 11 is 0. The van der Waals surface area contributed by atoms with Crippen molar-refractivity contribution in [1.82, 2.24) is 14.3 Å². The lowest BCUT2D eigenvalue weighted by atomic mass is 10.0. The molecule has 3 aliphatic rings. The van der Waals surface area contributed by atoms with E-state index in [1.165, 1.54) is 0 Å². The van der Waals surface area contributed by atoms with Crippen LogP contribution in [0.5, 0.6) is 0 Å². The lowest BCUT2D eigenvalue weighted by Crippen LogP contribution is -2.35. The van der Waals surface area contributed by atoms with E-state index >= 15 is 0 Å². The Hall–Kier alpha value is -1.21. The van der Waals surface area contributed by atoms with Gasteiger partial charge in [0, 0.05) is 38.6 Å². The summed E-state index contributed by atoms with van der Waals surface area (Å²) in [4.78, 5) is 10.7. The van der Waals surface area contributed by atoms with Crippen molar-refractivity contribution in [3.05, 3.63) is 18.5 Å². The summed E-state index contributed by atoms with van der Waals surface area (Å²) in [7, 11) is -3.01. The van der Waals surface area contributed by atoms with Crippen LogP contribution in [0.2, 0.25) is 0 Å². The fraction of sp³-hybridized carbons (Fsp3) is 0.692. The van der Waals surface area contributed by atoms with Crippen molar-refractivity contribution in [2.75, 3.05) is 31.1 Å². The quantitative estimate of drug-likeness (QED) is 0.804. The highest BCUT2D eigenvalue weighted by molar-refractivity contribution is 7.90. The van der Waals surface area contributed by atoms with E-state index in [9.17, 15) is 8.42 Å². The summed E-state index contributed by atoms with van der Waals surface area (Å²) in [5.74, 6) is 1.61. The normalized spacial score (nSPS) is 30.7. The molecule has 0 spiro atoms. The molecular formula is C13H18N4O2S. The molecule has 0 amide bonds. The number of hydrogen-bond donors (Lipinski definition) is 0. The molecule has 0 bridgehead atoms. The average molecular weight is 294 g/mol. The van der Waals surface area contributed by atoms with Crippen LogP contribution in [0.4, 0.5) is 5.95 Å². The van der Waals surface area contributed by atoms with Gasteiger partial charge in [-0.25, -0.2) is 22.7 Å². The van der Waals surface area contributed by atoms with Crippen LogP contribution in [0.25, 0.3) is 0 Å². The molecule has 2 saturated heterocycles. The van der Waals surface area contributed by atoms with Crippen molar-refractivity contribution in [2.24, 2.45) is 11.8 Å². The smallest absolute Gasteiger partial charge is 0.225 e. The summed E-state index contributed by atoms with van der Waals surface area (Å²) in [5.41, 5.74) is 0. The van der Waals surface area contributed by atoms with Gasteiger partial charge in [-0.05, 0) is 30.7 Å². The highest BCUT2D eigenvalue weighted by Crippen LogP contribution is 2.38. The van der Waals surface area contributed by atoms with E-state index in [1.807, 2.05) is 6.07 Å². The summed E-state index contributed by atoms with van der Waals surface area (Å²) in [5, 5.41) is -0.0881. The van der Waals surface area contributed by atoms with E-state index in [0.29, 0.717) is 24.9 Å². The Morgan fingerprint density at radius 1 is 1.00 bits per heavy atom. The van der Waals surface area contributed by atoms with E-state index in [-0.39, 0.29) is 5.25 Å². The highest BCUT2D eigenvalue weighted by Gasteiger charge is 2.48. The van der Waals surface area contributed by atoms with Crippen LogP contribution < -0.4 is 4.90 Å². The number of fused-ring (bicyclic) bond motifs is 1. The number of nitrogens with zero attached hydrogens (tertiary/aromatic N) is 4. The fourth-order valence-electron chi connectivity index (χ4n) is 3.35. The number of anilines is 1. The number of hydrogen-bond acceptors (Lipinski definition) is 5. The van der Waals surface area contributed by atoms with Crippen molar-refractivity contribution >= 4 is 16.0 Å². The zero-order valence-corrected chi connectivity index (χ0v) is 12.0. The Morgan fingerprint density at radius 2 is 1.60 bits per heavy atom. The molecule has 0 aromatic carbocycles. The van der Waals surface area contributed by atoms with Gasteiger partial charge in [-0.15, -0.1) is 0 Å². The van der Waals surface area contributed by atoms with E-state index in [4.69, 9.17) is 0 Å². The Morgan fingerprint density at radius 3 is 2.15 bits per heavy atom. The highest BCUT2D eigenvalue weighted by atomic mass is 32.2. The van der Waals surface area contributed by atoms with Crippen LogP contribution in [-0.2, 0) is 10.0 Å².